The van der Waals surface area contributed by atoms with Crippen LogP contribution in [-0.2, 0) is 13.2 Å². The summed E-state index contributed by atoms with van der Waals surface area (Å²) < 4.78 is 11.3. The molecular formula is C33H33NO4. The number of rotatable bonds is 10. The van der Waals surface area contributed by atoms with Gasteiger partial charge < -0.3 is 14.4 Å². The monoisotopic (exact) mass is 507 g/mol. The summed E-state index contributed by atoms with van der Waals surface area (Å²) in [5, 5.41) is 0. The number of nitrogens with zero attached hydrogens (tertiary/aromatic N) is 1. The normalized spacial score (nSPS) is 10.3. The van der Waals surface area contributed by atoms with E-state index in [0.717, 1.165) is 22.6 Å². The molecular weight excluding hydrogens is 474 g/mol. The Labute approximate surface area is 225 Å². The average Bonchev–Trinajstić information content (AvgIpc) is 2.95. The van der Waals surface area contributed by atoms with Crippen LogP contribution in [-0.4, -0.2) is 30.6 Å². The predicted molar refractivity (Wildman–Crippen MR) is 152 cm³/mol. The molecule has 0 heterocycles. The molecule has 0 aromatic heterocycles. The zero-order valence-corrected chi connectivity index (χ0v) is 22.0. The lowest BCUT2D eigenvalue weighted by molar-refractivity contribution is 0.101. The molecule has 0 spiro atoms. The molecule has 0 bridgehead atoms. The van der Waals surface area contributed by atoms with Crippen LogP contribution in [0.15, 0.2) is 121 Å². The van der Waals surface area contributed by atoms with Crippen LogP contribution in [0.5, 0.6) is 11.5 Å². The highest BCUT2D eigenvalue weighted by atomic mass is 16.5. The van der Waals surface area contributed by atoms with Crippen LogP contribution in [0.1, 0.15) is 38.8 Å². The van der Waals surface area contributed by atoms with E-state index in [1.807, 2.05) is 104 Å². The van der Waals surface area contributed by atoms with E-state index >= 15 is 0 Å². The molecule has 194 valence electrons. The van der Waals surface area contributed by atoms with Crippen molar-refractivity contribution in [3.05, 3.63) is 144 Å². The third-order valence-electron chi connectivity index (χ3n) is 5.42. The fourth-order valence-corrected chi connectivity index (χ4v) is 3.30. The second-order valence-electron chi connectivity index (χ2n) is 8.80. The lowest BCUT2D eigenvalue weighted by atomic mass is 10.1. The molecule has 4 aromatic carbocycles. The Kier molecular flexibility index (Phi) is 10.9. The Bertz CT molecular complexity index is 1300. The maximum atomic E-state index is 11.9. The van der Waals surface area contributed by atoms with Gasteiger partial charge in [0.15, 0.2) is 11.6 Å². The van der Waals surface area contributed by atoms with Crippen LogP contribution in [0.25, 0.3) is 0 Å². The Morgan fingerprint density at radius 3 is 1.45 bits per heavy atom. The maximum absolute atomic E-state index is 11.9. The van der Waals surface area contributed by atoms with Crippen molar-refractivity contribution in [3.8, 4) is 11.5 Å². The van der Waals surface area contributed by atoms with E-state index in [1.54, 1.807) is 43.5 Å². The van der Waals surface area contributed by atoms with Gasteiger partial charge in [-0.15, -0.1) is 0 Å². The summed E-state index contributed by atoms with van der Waals surface area (Å²) in [4.78, 5) is 24.8. The van der Waals surface area contributed by atoms with Gasteiger partial charge in [0.05, 0.1) is 0 Å². The van der Waals surface area contributed by atoms with Gasteiger partial charge in [-0.3, -0.25) is 9.59 Å². The number of hydrogen-bond acceptors (Lipinski definition) is 5. The molecule has 0 radical (unpaired) electrons. The molecule has 0 unspecified atom stereocenters. The van der Waals surface area contributed by atoms with E-state index in [1.165, 1.54) is 0 Å². The lowest BCUT2D eigenvalue weighted by Crippen LogP contribution is -2.03. The quantitative estimate of drug-likeness (QED) is 0.171. The number of hydrogen-bond donors (Lipinski definition) is 0. The van der Waals surface area contributed by atoms with E-state index < -0.39 is 0 Å². The van der Waals surface area contributed by atoms with Crippen molar-refractivity contribution in [2.24, 2.45) is 0 Å². The number of benzene rings is 4. The molecule has 0 N–H and O–H groups in total. The van der Waals surface area contributed by atoms with E-state index in [4.69, 9.17) is 9.47 Å². The zero-order chi connectivity index (χ0) is 27.2. The van der Waals surface area contributed by atoms with Crippen molar-refractivity contribution in [2.45, 2.75) is 20.1 Å². The molecule has 0 atom stereocenters. The van der Waals surface area contributed by atoms with Gasteiger partial charge in [-0.25, -0.2) is 0 Å². The molecule has 0 saturated carbocycles. The first kappa shape index (κ1) is 27.9. The molecule has 0 aliphatic carbocycles. The van der Waals surface area contributed by atoms with Gasteiger partial charge in [-0.1, -0.05) is 60.7 Å². The van der Waals surface area contributed by atoms with Crippen molar-refractivity contribution >= 4 is 11.6 Å². The summed E-state index contributed by atoms with van der Waals surface area (Å²) in [5.74, 6) is 1.59. The van der Waals surface area contributed by atoms with E-state index in [9.17, 15) is 9.59 Å². The minimum absolute atomic E-state index is 0.0155. The molecule has 5 nitrogen and oxygen atoms in total. The summed E-state index contributed by atoms with van der Waals surface area (Å²) in [7, 11) is 3.76. The number of ketones is 2. The minimum Gasteiger partial charge on any atom is -0.489 e. The standard InChI is InChI=1S/C18H19NO2.C15H14O2/c1-19(2)13-12-18(20)16-8-10-17(11-9-16)21-14-15-6-4-3-5-7-15;1-12(16)14-7-9-15(10-8-14)17-11-13-5-3-2-4-6-13/h3-13H,14H2,1-2H3;2-10H,11H2,1H3/b13-12+;. The van der Waals surface area contributed by atoms with Gasteiger partial charge >= 0.3 is 0 Å². The molecule has 5 heteroatoms. The van der Waals surface area contributed by atoms with Crippen molar-refractivity contribution in [2.75, 3.05) is 14.1 Å². The van der Waals surface area contributed by atoms with Crippen molar-refractivity contribution in [1.29, 1.82) is 0 Å². The number of allylic oxidation sites excluding steroid dienone is 1. The third-order valence-corrected chi connectivity index (χ3v) is 5.42. The van der Waals surface area contributed by atoms with Gasteiger partial charge in [0, 0.05) is 37.5 Å². The van der Waals surface area contributed by atoms with E-state index in [-0.39, 0.29) is 11.6 Å². The smallest absolute Gasteiger partial charge is 0.187 e. The molecule has 0 aliphatic heterocycles. The summed E-state index contributed by atoms with van der Waals surface area (Å²) in [6, 6.07) is 34.4. The number of Topliss-reactive ketones (excluding diaryl/α,β-unsaturated/α-hetero) is 1. The highest BCUT2D eigenvalue weighted by Crippen LogP contribution is 2.16. The highest BCUT2D eigenvalue weighted by Gasteiger charge is 2.03. The van der Waals surface area contributed by atoms with Gasteiger partial charge in [0.25, 0.3) is 0 Å². The Morgan fingerprint density at radius 1 is 0.632 bits per heavy atom. The van der Waals surface area contributed by atoms with Gasteiger partial charge in [-0.2, -0.15) is 0 Å². The summed E-state index contributed by atoms with van der Waals surface area (Å²) in [6.45, 7) is 2.62. The second kappa shape index (κ2) is 14.8. The van der Waals surface area contributed by atoms with Crippen LogP contribution < -0.4 is 9.47 Å². The largest absolute Gasteiger partial charge is 0.489 e. The van der Waals surface area contributed by atoms with Gasteiger partial charge in [-0.05, 0) is 66.6 Å². The van der Waals surface area contributed by atoms with Crippen LogP contribution in [0.4, 0.5) is 0 Å². The molecule has 0 amide bonds. The summed E-state index contributed by atoms with van der Waals surface area (Å²) in [6.07, 6.45) is 3.29. The molecule has 0 saturated heterocycles. The summed E-state index contributed by atoms with van der Waals surface area (Å²) in [5.41, 5.74) is 3.60. The number of carbonyl (C=O) groups is 2. The Morgan fingerprint density at radius 2 is 1.05 bits per heavy atom. The van der Waals surface area contributed by atoms with E-state index in [0.29, 0.717) is 24.3 Å². The lowest BCUT2D eigenvalue weighted by Gasteiger charge is -2.07. The zero-order valence-electron chi connectivity index (χ0n) is 22.0. The van der Waals surface area contributed by atoms with E-state index in [2.05, 4.69) is 0 Å². The first-order valence-corrected chi connectivity index (χ1v) is 12.3. The maximum Gasteiger partial charge on any atom is 0.187 e. The Hall–Kier alpha value is -4.64. The van der Waals surface area contributed by atoms with Crippen LogP contribution in [0.2, 0.25) is 0 Å². The molecule has 4 aromatic rings. The fraction of sp³-hybridized carbons (Fsp3) is 0.152. The molecule has 0 fully saturated rings. The fourth-order valence-electron chi connectivity index (χ4n) is 3.30. The molecule has 38 heavy (non-hydrogen) atoms. The van der Waals surface area contributed by atoms with Gasteiger partial charge in [0.2, 0.25) is 0 Å². The van der Waals surface area contributed by atoms with Gasteiger partial charge in [0.1, 0.15) is 24.7 Å². The second-order valence-corrected chi connectivity index (χ2v) is 8.80. The number of carbonyl (C=O) groups excluding carboxylic acids is 2. The third kappa shape index (κ3) is 9.78. The molecule has 0 aliphatic rings. The van der Waals surface area contributed by atoms with Crippen molar-refractivity contribution < 1.29 is 19.1 Å². The topological polar surface area (TPSA) is 55.8 Å². The first-order chi connectivity index (χ1) is 18.4. The van der Waals surface area contributed by atoms with Crippen LogP contribution in [0.3, 0.4) is 0 Å². The van der Waals surface area contributed by atoms with Crippen LogP contribution >= 0.6 is 0 Å². The molecule has 4 rings (SSSR count). The predicted octanol–water partition coefficient (Wildman–Crippen LogP) is 6.99. The summed E-state index contributed by atoms with van der Waals surface area (Å²) >= 11 is 0. The minimum atomic E-state index is -0.0155. The average molecular weight is 508 g/mol. The van der Waals surface area contributed by atoms with Crippen LogP contribution in [0, 0.1) is 0 Å². The van der Waals surface area contributed by atoms with Crippen molar-refractivity contribution in [1.82, 2.24) is 4.90 Å². The highest BCUT2D eigenvalue weighted by molar-refractivity contribution is 6.04. The SMILES string of the molecule is CC(=O)c1ccc(OCc2ccccc2)cc1.CN(C)/C=C/C(=O)c1ccc(OCc2ccccc2)cc1. The Balaban J connectivity index is 0.000000215. The number of ether oxygens (including phenoxy) is 2. The first-order valence-electron chi connectivity index (χ1n) is 12.3. The van der Waals surface area contributed by atoms with Crippen molar-refractivity contribution in [3.63, 3.8) is 0 Å².